The van der Waals surface area contributed by atoms with Crippen LogP contribution in [0.5, 0.6) is 0 Å². The van der Waals surface area contributed by atoms with E-state index in [0.29, 0.717) is 19.3 Å². The van der Waals surface area contributed by atoms with Gasteiger partial charge in [-0.3, -0.25) is 18.6 Å². The van der Waals surface area contributed by atoms with Crippen LogP contribution in [0.25, 0.3) is 0 Å². The average Bonchev–Trinajstić information content (AvgIpc) is 3.23. The highest BCUT2D eigenvalue weighted by molar-refractivity contribution is 7.47. The molecule has 0 aromatic rings. The van der Waals surface area contributed by atoms with E-state index in [-0.39, 0.29) is 12.8 Å². The van der Waals surface area contributed by atoms with Crippen molar-refractivity contribution in [3.05, 3.63) is 72.9 Å². The number of rotatable bonds is 35. The molecule has 0 heterocycles. The maximum absolute atomic E-state index is 12.8. The number of phosphoric acid groups is 1. The zero-order valence-corrected chi connectivity index (χ0v) is 37.1. The predicted octanol–water partition coefficient (Wildman–Crippen LogP) is 8.33. The van der Waals surface area contributed by atoms with Gasteiger partial charge in [0.05, 0.1) is 6.61 Å². The summed E-state index contributed by atoms with van der Waals surface area (Å²) >= 11 is 0. The highest BCUT2D eigenvalue weighted by Crippen LogP contribution is 2.47. The second-order valence-corrected chi connectivity index (χ2v) is 16.6. The molecule has 0 amide bonds. The second-order valence-electron chi connectivity index (χ2n) is 15.2. The Morgan fingerprint density at radius 3 is 1.48 bits per heavy atom. The summed E-state index contributed by atoms with van der Waals surface area (Å²) in [6.45, 7) is 3.10. The van der Waals surface area contributed by atoms with Crippen LogP contribution in [-0.4, -0.2) is 98.3 Å². The Morgan fingerprint density at radius 2 is 0.950 bits per heavy atom. The van der Waals surface area contributed by atoms with Crippen molar-refractivity contribution < 1.29 is 63.1 Å². The molecule has 13 nitrogen and oxygen atoms in total. The highest BCUT2D eigenvalue weighted by Gasteiger charge is 2.51. The van der Waals surface area contributed by atoms with Gasteiger partial charge in [0.25, 0.3) is 0 Å². The third kappa shape index (κ3) is 28.0. The van der Waals surface area contributed by atoms with Gasteiger partial charge in [-0.15, -0.1) is 0 Å². The van der Waals surface area contributed by atoms with Gasteiger partial charge in [0.15, 0.2) is 6.10 Å². The molecule has 0 aliphatic heterocycles. The maximum Gasteiger partial charge on any atom is 0.472 e. The Labute approximate surface area is 359 Å². The average molecular weight is 869 g/mol. The van der Waals surface area contributed by atoms with E-state index in [9.17, 15) is 44.6 Å². The van der Waals surface area contributed by atoms with E-state index in [1.165, 1.54) is 25.7 Å². The summed E-state index contributed by atoms with van der Waals surface area (Å²) < 4.78 is 33.4. The van der Waals surface area contributed by atoms with E-state index >= 15 is 0 Å². The summed E-state index contributed by atoms with van der Waals surface area (Å²) in [4.78, 5) is 35.6. The van der Waals surface area contributed by atoms with Crippen molar-refractivity contribution in [2.24, 2.45) is 0 Å². The smallest absolute Gasteiger partial charge is 0.462 e. The number of allylic oxidation sites excluding steroid dienone is 12. The molecule has 0 bridgehead atoms. The topological polar surface area (TPSA) is 210 Å². The number of hydrogen-bond acceptors (Lipinski definition) is 12. The lowest BCUT2D eigenvalue weighted by molar-refractivity contribution is -0.220. The van der Waals surface area contributed by atoms with Gasteiger partial charge in [-0.1, -0.05) is 125 Å². The first-order valence-electron chi connectivity index (χ1n) is 22.2. The molecule has 6 N–H and O–H groups in total. The number of aliphatic hydroxyl groups is 5. The van der Waals surface area contributed by atoms with E-state index in [1.807, 2.05) is 6.08 Å². The number of carbonyl (C=O) groups is 2. The third-order valence-electron chi connectivity index (χ3n) is 9.78. The number of hydrogen-bond donors (Lipinski definition) is 6. The first-order valence-corrected chi connectivity index (χ1v) is 23.7. The van der Waals surface area contributed by atoms with Crippen molar-refractivity contribution in [3.8, 4) is 0 Å². The SMILES string of the molecule is CC/C=C\C/C=C\C/C=C\C/C=C\CCCCC(=O)OC(COC(=O)CCCCCCC/C=C\C/C=C\CCCCCC)COP(=O)(O)OC1C(O)C(O)C(O)C(O)C1O. The molecule has 344 valence electrons. The lowest BCUT2D eigenvalue weighted by Crippen LogP contribution is -2.64. The minimum Gasteiger partial charge on any atom is -0.462 e. The fourth-order valence-electron chi connectivity index (χ4n) is 6.19. The first kappa shape index (κ1) is 55.3. The van der Waals surface area contributed by atoms with Gasteiger partial charge in [-0.2, -0.15) is 0 Å². The standard InChI is InChI=1S/C46H77O13P/c1-3-5-7-9-11-13-15-17-19-21-22-24-26-28-30-32-34-39(47)56-36-38(37-57-60(54,55)59-46-44(52)42(50)41(49)43(51)45(46)53)58-40(48)35-33-31-29-27-25-23-20-18-16-14-12-10-8-6-4-2/h6,8,12-15,18-21,25,27,38,41-46,49-53H,3-5,7,9-11,16-17,22-24,26,28-37H2,1-2H3,(H,54,55)/b8-6-,14-12-,15-13-,20-18-,21-19-,27-25-. The largest absolute Gasteiger partial charge is 0.472 e. The molecule has 1 aliphatic rings. The molecule has 6 atom stereocenters. The molecule has 14 heteroatoms. The Morgan fingerprint density at radius 1 is 0.533 bits per heavy atom. The first-order chi connectivity index (χ1) is 28.9. The van der Waals surface area contributed by atoms with Gasteiger partial charge >= 0.3 is 19.8 Å². The molecular formula is C46H77O13P. The van der Waals surface area contributed by atoms with Crippen molar-refractivity contribution in [3.63, 3.8) is 0 Å². The van der Waals surface area contributed by atoms with Crippen LogP contribution in [0.1, 0.15) is 149 Å². The number of unbranched alkanes of at least 4 members (excludes halogenated alkanes) is 11. The quantitative estimate of drug-likeness (QED) is 0.0153. The van der Waals surface area contributed by atoms with Gasteiger partial charge in [0.1, 0.15) is 43.2 Å². The molecule has 0 saturated heterocycles. The molecule has 60 heavy (non-hydrogen) atoms. The lowest BCUT2D eigenvalue weighted by Gasteiger charge is -2.41. The van der Waals surface area contributed by atoms with Crippen molar-refractivity contribution in [2.45, 2.75) is 191 Å². The molecule has 6 unspecified atom stereocenters. The highest BCUT2D eigenvalue weighted by atomic mass is 31.2. The van der Waals surface area contributed by atoms with E-state index < -0.39 is 75.7 Å². The molecule has 0 aromatic heterocycles. The van der Waals surface area contributed by atoms with Gasteiger partial charge < -0.3 is 39.9 Å². The van der Waals surface area contributed by atoms with Crippen molar-refractivity contribution >= 4 is 19.8 Å². The van der Waals surface area contributed by atoms with Crippen molar-refractivity contribution in [1.29, 1.82) is 0 Å². The van der Waals surface area contributed by atoms with Gasteiger partial charge in [-0.25, -0.2) is 4.57 Å². The van der Waals surface area contributed by atoms with E-state index in [4.69, 9.17) is 18.5 Å². The van der Waals surface area contributed by atoms with Gasteiger partial charge in [-0.05, 0) is 83.5 Å². The Balaban J connectivity index is 2.53. The second kappa shape index (κ2) is 35.8. The molecular weight excluding hydrogens is 791 g/mol. The van der Waals surface area contributed by atoms with Crippen LogP contribution in [-0.2, 0) is 32.7 Å². The minimum absolute atomic E-state index is 0.0375. The Hall–Kier alpha value is -2.71. The zero-order valence-electron chi connectivity index (χ0n) is 36.2. The van der Waals surface area contributed by atoms with Crippen LogP contribution >= 0.6 is 7.82 Å². The van der Waals surface area contributed by atoms with Gasteiger partial charge in [0.2, 0.25) is 0 Å². The van der Waals surface area contributed by atoms with Gasteiger partial charge in [0, 0.05) is 12.8 Å². The molecule has 0 spiro atoms. The molecule has 1 saturated carbocycles. The Kier molecular flexibility index (Phi) is 33.0. The predicted molar refractivity (Wildman–Crippen MR) is 235 cm³/mol. The van der Waals surface area contributed by atoms with Crippen molar-refractivity contribution in [2.75, 3.05) is 13.2 Å². The van der Waals surface area contributed by atoms with Crippen LogP contribution in [0.15, 0.2) is 72.9 Å². The number of esters is 2. The van der Waals surface area contributed by atoms with Crippen LogP contribution < -0.4 is 0 Å². The summed E-state index contributed by atoms with van der Waals surface area (Å²) in [6.07, 6.45) is 31.0. The number of ether oxygens (including phenoxy) is 2. The Bertz CT molecular complexity index is 1330. The van der Waals surface area contributed by atoms with Crippen LogP contribution in [0, 0.1) is 0 Å². The summed E-state index contributed by atoms with van der Waals surface area (Å²) in [7, 11) is -5.13. The van der Waals surface area contributed by atoms with E-state index in [0.717, 1.165) is 77.0 Å². The minimum atomic E-state index is -5.13. The lowest BCUT2D eigenvalue weighted by atomic mass is 9.85. The number of carbonyl (C=O) groups excluding carboxylic acids is 2. The number of phosphoric ester groups is 1. The summed E-state index contributed by atoms with van der Waals surface area (Å²) in [5, 5.41) is 50.1. The van der Waals surface area contributed by atoms with E-state index in [2.05, 4.69) is 80.7 Å². The van der Waals surface area contributed by atoms with E-state index in [1.54, 1.807) is 0 Å². The molecule has 0 aromatic carbocycles. The molecule has 1 fully saturated rings. The summed E-state index contributed by atoms with van der Waals surface area (Å²) in [6, 6.07) is 0. The van der Waals surface area contributed by atoms with Crippen LogP contribution in [0.3, 0.4) is 0 Å². The van der Waals surface area contributed by atoms with Crippen LogP contribution in [0.2, 0.25) is 0 Å². The fraction of sp³-hybridized carbons (Fsp3) is 0.696. The normalized spacial score (nSPS) is 22.9. The molecule has 1 rings (SSSR count). The summed E-state index contributed by atoms with van der Waals surface area (Å²) in [5.74, 6) is -1.17. The maximum atomic E-state index is 12.8. The van der Waals surface area contributed by atoms with Crippen molar-refractivity contribution in [1.82, 2.24) is 0 Å². The monoisotopic (exact) mass is 869 g/mol. The zero-order chi connectivity index (χ0) is 44.3. The number of aliphatic hydroxyl groups excluding tert-OH is 5. The molecule has 1 aliphatic carbocycles. The fourth-order valence-corrected chi connectivity index (χ4v) is 7.16. The van der Waals surface area contributed by atoms with Crippen LogP contribution in [0.4, 0.5) is 0 Å². The summed E-state index contributed by atoms with van der Waals surface area (Å²) in [5.41, 5.74) is 0. The molecule has 0 radical (unpaired) electrons. The third-order valence-corrected chi connectivity index (χ3v) is 10.8.